The normalized spacial score (nSPS) is 19.1. The second kappa shape index (κ2) is 13.6. The number of urea groups is 1. The SMILES string of the molecule is C[C@@H](NC(=N)N)C(=O)N1C(=O)N(CCCCCCCN[C@H](C)c2ccc(F)c(OCC3CC3)c2)CC1O. The number of aliphatic hydroxyl groups excluding tert-OH is 1. The summed E-state index contributed by atoms with van der Waals surface area (Å²) >= 11 is 0. The number of aliphatic hydroxyl groups is 1. The van der Waals surface area contributed by atoms with Crippen molar-refractivity contribution < 1.29 is 23.8 Å². The van der Waals surface area contributed by atoms with E-state index in [2.05, 4.69) is 17.6 Å². The first-order chi connectivity index (χ1) is 17.7. The monoisotopic (exact) mass is 520 g/mol. The third kappa shape index (κ3) is 8.57. The number of nitrogens with one attached hydrogen (secondary N) is 3. The Morgan fingerprint density at radius 3 is 2.65 bits per heavy atom. The fourth-order valence-corrected chi connectivity index (χ4v) is 4.35. The summed E-state index contributed by atoms with van der Waals surface area (Å²) in [7, 11) is 0. The van der Waals surface area contributed by atoms with E-state index in [1.807, 2.05) is 0 Å². The molecule has 1 heterocycles. The van der Waals surface area contributed by atoms with Crippen molar-refractivity contribution in [1.82, 2.24) is 20.4 Å². The van der Waals surface area contributed by atoms with Crippen LogP contribution in [0, 0.1) is 17.1 Å². The van der Waals surface area contributed by atoms with Crippen LogP contribution in [0.2, 0.25) is 0 Å². The maximum absolute atomic E-state index is 14.0. The fraction of sp³-hybridized carbons (Fsp3) is 0.654. The van der Waals surface area contributed by atoms with E-state index in [4.69, 9.17) is 15.9 Å². The van der Waals surface area contributed by atoms with Crippen LogP contribution < -0.4 is 21.1 Å². The summed E-state index contributed by atoms with van der Waals surface area (Å²) in [5.41, 5.74) is 6.25. The summed E-state index contributed by atoms with van der Waals surface area (Å²) in [4.78, 5) is 27.3. The molecule has 10 nitrogen and oxygen atoms in total. The Labute approximate surface area is 218 Å². The molecule has 2 fully saturated rings. The topological polar surface area (TPSA) is 144 Å². The zero-order valence-electron chi connectivity index (χ0n) is 21.8. The van der Waals surface area contributed by atoms with E-state index in [0.29, 0.717) is 24.8 Å². The third-order valence-corrected chi connectivity index (χ3v) is 6.82. The van der Waals surface area contributed by atoms with E-state index in [0.717, 1.165) is 49.1 Å². The molecule has 6 N–H and O–H groups in total. The molecule has 1 aliphatic heterocycles. The molecule has 3 amide bonds. The Balaban J connectivity index is 1.28. The van der Waals surface area contributed by atoms with Crippen LogP contribution >= 0.6 is 0 Å². The van der Waals surface area contributed by atoms with Gasteiger partial charge in [-0.3, -0.25) is 10.2 Å². The quantitative estimate of drug-likeness (QED) is 0.136. The van der Waals surface area contributed by atoms with Crippen LogP contribution in [0.1, 0.15) is 70.4 Å². The molecule has 1 saturated carbocycles. The molecule has 0 aromatic heterocycles. The number of halogens is 1. The molecular weight excluding hydrogens is 479 g/mol. The number of carbonyl (C=O) groups excluding carboxylic acids is 2. The van der Waals surface area contributed by atoms with Gasteiger partial charge in [0.2, 0.25) is 0 Å². The predicted molar refractivity (Wildman–Crippen MR) is 138 cm³/mol. The van der Waals surface area contributed by atoms with Gasteiger partial charge in [-0.1, -0.05) is 25.3 Å². The average Bonchev–Trinajstić information content (AvgIpc) is 3.63. The second-order valence-electron chi connectivity index (χ2n) is 10.1. The summed E-state index contributed by atoms with van der Waals surface area (Å²) < 4.78 is 19.7. The van der Waals surface area contributed by atoms with Crippen molar-refractivity contribution in [1.29, 1.82) is 5.41 Å². The van der Waals surface area contributed by atoms with Gasteiger partial charge >= 0.3 is 6.03 Å². The van der Waals surface area contributed by atoms with E-state index >= 15 is 0 Å². The largest absolute Gasteiger partial charge is 0.490 e. The Bertz CT molecular complexity index is 944. The number of nitrogens with zero attached hydrogens (tertiary/aromatic N) is 2. The van der Waals surface area contributed by atoms with Crippen LogP contribution in [0.4, 0.5) is 9.18 Å². The van der Waals surface area contributed by atoms with Gasteiger partial charge < -0.3 is 31.1 Å². The minimum absolute atomic E-state index is 0.0793. The number of imide groups is 1. The van der Waals surface area contributed by atoms with Gasteiger partial charge in [0.15, 0.2) is 23.8 Å². The molecule has 1 aromatic rings. The highest BCUT2D eigenvalue weighted by atomic mass is 19.1. The van der Waals surface area contributed by atoms with Crippen molar-refractivity contribution in [2.45, 2.75) is 77.1 Å². The number of hydrogen-bond donors (Lipinski definition) is 5. The number of benzene rings is 1. The Morgan fingerprint density at radius 1 is 1.24 bits per heavy atom. The molecule has 0 radical (unpaired) electrons. The second-order valence-corrected chi connectivity index (χ2v) is 10.1. The van der Waals surface area contributed by atoms with Gasteiger partial charge in [0.1, 0.15) is 6.04 Å². The van der Waals surface area contributed by atoms with Crippen molar-refractivity contribution >= 4 is 17.9 Å². The first-order valence-corrected chi connectivity index (χ1v) is 13.2. The van der Waals surface area contributed by atoms with Gasteiger partial charge in [-0.2, -0.15) is 0 Å². The molecule has 1 unspecified atom stereocenters. The molecule has 1 saturated heterocycles. The van der Waals surface area contributed by atoms with E-state index in [9.17, 15) is 19.1 Å². The Kier molecular flexibility index (Phi) is 10.5. The standard InChI is InChI=1S/C26H41FN6O4/c1-17(20-10-11-21(27)22(14-20)37-16-19-8-9-19)30-12-6-4-3-5-7-13-32-15-23(34)33(26(32)36)24(35)18(2)31-25(28)29/h10-11,14,17-19,23,30,34H,3-9,12-13,15-16H2,1-2H3,(H4,28,29,31)/t17-,18-,23?/m1/s1. The number of ether oxygens (including phenoxy) is 1. The number of hydrogen-bond acceptors (Lipinski definition) is 6. The molecule has 37 heavy (non-hydrogen) atoms. The smallest absolute Gasteiger partial charge is 0.329 e. The number of unbranched alkanes of at least 4 members (excludes halogenated alkanes) is 4. The molecule has 3 rings (SSSR count). The summed E-state index contributed by atoms with van der Waals surface area (Å²) in [6.07, 6.45) is 5.90. The first kappa shape index (κ1) is 28.6. The van der Waals surface area contributed by atoms with Gasteiger partial charge in [-0.15, -0.1) is 0 Å². The molecular formula is C26H41FN6O4. The predicted octanol–water partition coefficient (Wildman–Crippen LogP) is 2.67. The maximum atomic E-state index is 14.0. The minimum Gasteiger partial charge on any atom is -0.490 e. The maximum Gasteiger partial charge on any atom is 0.329 e. The molecule has 11 heteroatoms. The van der Waals surface area contributed by atoms with Crippen molar-refractivity contribution in [3.63, 3.8) is 0 Å². The van der Waals surface area contributed by atoms with Crippen LogP contribution in [-0.2, 0) is 4.79 Å². The van der Waals surface area contributed by atoms with Gasteiger partial charge in [-0.25, -0.2) is 14.1 Å². The van der Waals surface area contributed by atoms with Crippen molar-refractivity contribution in [3.8, 4) is 5.75 Å². The molecule has 1 aliphatic carbocycles. The first-order valence-electron chi connectivity index (χ1n) is 13.2. The molecule has 0 spiro atoms. The molecule has 2 aliphatic rings. The van der Waals surface area contributed by atoms with Crippen LogP contribution in [-0.4, -0.2) is 71.3 Å². The summed E-state index contributed by atoms with van der Waals surface area (Å²) in [6, 6.07) is 3.76. The molecule has 206 valence electrons. The number of rotatable bonds is 15. The molecule has 1 aromatic carbocycles. The highest BCUT2D eigenvalue weighted by Crippen LogP contribution is 2.31. The highest BCUT2D eigenvalue weighted by molar-refractivity contribution is 5.99. The van der Waals surface area contributed by atoms with E-state index in [1.54, 1.807) is 12.1 Å². The highest BCUT2D eigenvalue weighted by Gasteiger charge is 2.41. The number of β-amino-alcohol motifs (C(OH)–C–C–N with tert-alkyl or cyclic N) is 1. The van der Waals surface area contributed by atoms with Crippen LogP contribution in [0.25, 0.3) is 0 Å². The van der Waals surface area contributed by atoms with Crippen molar-refractivity contribution in [3.05, 3.63) is 29.6 Å². The van der Waals surface area contributed by atoms with E-state index < -0.39 is 24.2 Å². The van der Waals surface area contributed by atoms with Gasteiger partial charge in [0, 0.05) is 12.6 Å². The minimum atomic E-state index is -1.20. The van der Waals surface area contributed by atoms with Crippen LogP contribution in [0.15, 0.2) is 18.2 Å². The molecule has 3 atom stereocenters. The van der Waals surface area contributed by atoms with Crippen molar-refractivity contribution in [2.75, 3.05) is 26.2 Å². The van der Waals surface area contributed by atoms with Gasteiger partial charge in [0.05, 0.1) is 13.2 Å². The fourth-order valence-electron chi connectivity index (χ4n) is 4.35. The number of amides is 3. The molecule has 0 bridgehead atoms. The summed E-state index contributed by atoms with van der Waals surface area (Å²) in [5, 5.41) is 23.3. The third-order valence-electron chi connectivity index (χ3n) is 6.82. The van der Waals surface area contributed by atoms with Gasteiger partial charge in [-0.05, 0) is 69.7 Å². The number of carbonyl (C=O) groups is 2. The summed E-state index contributed by atoms with van der Waals surface area (Å²) in [6.45, 7) is 5.53. The lowest BCUT2D eigenvalue weighted by molar-refractivity contribution is -0.135. The van der Waals surface area contributed by atoms with Crippen molar-refractivity contribution in [2.24, 2.45) is 11.7 Å². The van der Waals surface area contributed by atoms with Gasteiger partial charge in [0.25, 0.3) is 5.91 Å². The van der Waals surface area contributed by atoms with Crippen LogP contribution in [0.5, 0.6) is 5.75 Å². The number of guanidine groups is 1. The zero-order valence-corrected chi connectivity index (χ0v) is 21.8. The summed E-state index contributed by atoms with van der Waals surface area (Å²) in [5.74, 6) is -0.399. The average molecular weight is 521 g/mol. The lowest BCUT2D eigenvalue weighted by atomic mass is 10.1. The Morgan fingerprint density at radius 2 is 1.95 bits per heavy atom. The van der Waals surface area contributed by atoms with E-state index in [-0.39, 0.29) is 24.4 Å². The zero-order chi connectivity index (χ0) is 26.9. The number of nitrogens with two attached hydrogens (primary N) is 1. The lowest BCUT2D eigenvalue weighted by Crippen LogP contribution is -2.52. The Hall–Kier alpha value is -2.92. The van der Waals surface area contributed by atoms with Crippen LogP contribution in [0.3, 0.4) is 0 Å². The lowest BCUT2D eigenvalue weighted by Gasteiger charge is -2.22. The van der Waals surface area contributed by atoms with E-state index in [1.165, 1.54) is 30.7 Å².